The first-order valence-corrected chi connectivity index (χ1v) is 23.4. The van der Waals surface area contributed by atoms with Crippen molar-refractivity contribution in [1.29, 1.82) is 0 Å². The Kier molecular flexibility index (Phi) is 17.3. The summed E-state index contributed by atoms with van der Waals surface area (Å²) in [6.45, 7) is 22.2. The molecule has 1 saturated heterocycles. The van der Waals surface area contributed by atoms with Crippen molar-refractivity contribution >= 4 is 34.2 Å². The standard InChI is InChI=1S/C24H56O8Si4/c1-9-25-17-21-33(13-5)29-34(14-6,22-18-26-10-2)31-36(16-8,24-20-28-12-4)32-35(15-7,30-33)23-19-27-11-3/h9-24H2,1-8H3. The van der Waals surface area contributed by atoms with Gasteiger partial charge in [0.1, 0.15) is 0 Å². The van der Waals surface area contributed by atoms with Crippen LogP contribution >= 0.6 is 0 Å². The summed E-state index contributed by atoms with van der Waals surface area (Å²) in [6, 6.07) is 6.54. The van der Waals surface area contributed by atoms with Gasteiger partial charge in [-0.2, -0.15) is 0 Å². The molecule has 0 N–H and O–H groups in total. The molecular formula is C24H56O8Si4. The van der Waals surface area contributed by atoms with Crippen LogP contribution in [-0.4, -0.2) is 87.1 Å². The molecule has 0 spiro atoms. The highest BCUT2D eigenvalue weighted by molar-refractivity contribution is 6.95. The molecule has 1 aliphatic heterocycles. The molecule has 0 unspecified atom stereocenters. The van der Waals surface area contributed by atoms with Gasteiger partial charge < -0.3 is 35.4 Å². The molecule has 0 aromatic carbocycles. The molecule has 0 aromatic rings. The summed E-state index contributed by atoms with van der Waals surface area (Å²) in [5.74, 6) is 0. The molecule has 36 heavy (non-hydrogen) atoms. The average Bonchev–Trinajstić information content (AvgIpc) is 2.88. The van der Waals surface area contributed by atoms with E-state index in [-0.39, 0.29) is 0 Å². The second-order valence-electron chi connectivity index (χ2n) is 9.25. The van der Waals surface area contributed by atoms with E-state index in [0.29, 0.717) is 52.9 Å². The monoisotopic (exact) mass is 584 g/mol. The lowest BCUT2D eigenvalue weighted by atomic mass is 10.8. The third-order valence-corrected chi connectivity index (χ3v) is 27.0. The largest absolute Gasteiger partial charge is 0.415 e. The molecule has 1 rings (SSSR count). The van der Waals surface area contributed by atoms with Gasteiger partial charge >= 0.3 is 34.2 Å². The molecular weight excluding hydrogens is 529 g/mol. The maximum absolute atomic E-state index is 7.37. The van der Waals surface area contributed by atoms with E-state index < -0.39 is 34.2 Å². The van der Waals surface area contributed by atoms with Gasteiger partial charge in [-0.05, 0) is 51.9 Å². The summed E-state index contributed by atoms with van der Waals surface area (Å²) in [6.07, 6.45) is 0. The van der Waals surface area contributed by atoms with Crippen LogP contribution in [0.3, 0.4) is 0 Å². The van der Waals surface area contributed by atoms with Crippen LogP contribution in [0.25, 0.3) is 0 Å². The van der Waals surface area contributed by atoms with Crippen LogP contribution in [0.15, 0.2) is 0 Å². The van der Waals surface area contributed by atoms with Crippen LogP contribution in [0, 0.1) is 0 Å². The Morgan fingerprint density at radius 1 is 0.361 bits per heavy atom. The second-order valence-corrected chi connectivity index (χ2v) is 24.6. The Morgan fingerprint density at radius 3 is 0.694 bits per heavy atom. The van der Waals surface area contributed by atoms with Crippen molar-refractivity contribution in [2.45, 2.75) is 104 Å². The SMILES string of the molecule is CCOCC[Si]1(CC)O[Si](CC)(CCOCC)O[Si](CC)(CCOCC)O[Si](CC)(CCOCC)O1. The van der Waals surface area contributed by atoms with E-state index in [1.165, 1.54) is 0 Å². The summed E-state index contributed by atoms with van der Waals surface area (Å²) < 4.78 is 52.8. The van der Waals surface area contributed by atoms with E-state index in [0.717, 1.165) is 48.4 Å². The summed E-state index contributed by atoms with van der Waals surface area (Å²) in [5.41, 5.74) is 0. The highest BCUT2D eigenvalue weighted by atomic mass is 28.5. The van der Waals surface area contributed by atoms with Gasteiger partial charge in [-0.3, -0.25) is 0 Å². The fourth-order valence-corrected chi connectivity index (χ4v) is 28.8. The Balaban J connectivity index is 3.57. The highest BCUT2D eigenvalue weighted by Gasteiger charge is 2.60. The summed E-state index contributed by atoms with van der Waals surface area (Å²) in [7, 11) is -10.8. The zero-order valence-corrected chi connectivity index (χ0v) is 28.6. The van der Waals surface area contributed by atoms with Gasteiger partial charge in [-0.25, -0.2) is 0 Å². The van der Waals surface area contributed by atoms with Crippen molar-refractivity contribution in [2.75, 3.05) is 52.9 Å². The minimum Gasteiger partial charge on any atom is -0.415 e. The minimum atomic E-state index is -2.69. The quantitative estimate of drug-likeness (QED) is 0.126. The minimum absolute atomic E-state index is 0.635. The molecule has 0 bridgehead atoms. The van der Waals surface area contributed by atoms with Crippen LogP contribution in [0.4, 0.5) is 0 Å². The van der Waals surface area contributed by atoms with Crippen molar-refractivity contribution in [1.82, 2.24) is 0 Å². The number of rotatable bonds is 20. The van der Waals surface area contributed by atoms with Crippen LogP contribution in [0.5, 0.6) is 0 Å². The van der Waals surface area contributed by atoms with E-state index in [1.807, 2.05) is 27.7 Å². The first kappa shape index (κ1) is 34.6. The van der Waals surface area contributed by atoms with Crippen LogP contribution in [0.2, 0.25) is 48.4 Å². The lowest BCUT2D eigenvalue weighted by molar-refractivity contribution is 0.129. The molecule has 0 amide bonds. The molecule has 1 fully saturated rings. The van der Waals surface area contributed by atoms with E-state index in [2.05, 4.69) is 27.7 Å². The first-order chi connectivity index (χ1) is 17.3. The molecule has 0 aromatic heterocycles. The summed E-state index contributed by atoms with van der Waals surface area (Å²) >= 11 is 0. The van der Waals surface area contributed by atoms with Gasteiger partial charge in [0.2, 0.25) is 0 Å². The van der Waals surface area contributed by atoms with E-state index in [4.69, 9.17) is 35.4 Å². The predicted octanol–water partition coefficient (Wildman–Crippen LogP) is 6.06. The Labute approximate surface area is 226 Å². The molecule has 1 heterocycles. The topological polar surface area (TPSA) is 73.8 Å². The molecule has 1 aliphatic rings. The molecule has 12 heteroatoms. The van der Waals surface area contributed by atoms with E-state index >= 15 is 0 Å². The van der Waals surface area contributed by atoms with Gasteiger partial charge in [-0.15, -0.1) is 0 Å². The van der Waals surface area contributed by atoms with Crippen molar-refractivity contribution in [2.24, 2.45) is 0 Å². The van der Waals surface area contributed by atoms with Crippen LogP contribution in [-0.2, 0) is 35.4 Å². The normalized spacial score (nSPS) is 31.3. The van der Waals surface area contributed by atoms with Crippen LogP contribution in [0.1, 0.15) is 55.4 Å². The lowest BCUT2D eigenvalue weighted by Gasteiger charge is -2.53. The fourth-order valence-electron chi connectivity index (χ4n) is 4.62. The number of hydrogen-bond acceptors (Lipinski definition) is 8. The van der Waals surface area contributed by atoms with Gasteiger partial charge in [0.05, 0.1) is 0 Å². The smallest absolute Gasteiger partial charge is 0.322 e. The van der Waals surface area contributed by atoms with E-state index in [9.17, 15) is 0 Å². The maximum atomic E-state index is 7.37. The van der Waals surface area contributed by atoms with Gasteiger partial charge in [-0.1, -0.05) is 27.7 Å². The Morgan fingerprint density at radius 2 is 0.556 bits per heavy atom. The lowest BCUT2D eigenvalue weighted by Crippen LogP contribution is -2.70. The fraction of sp³-hybridized carbons (Fsp3) is 1.00. The molecule has 8 nitrogen and oxygen atoms in total. The third-order valence-electron chi connectivity index (χ3n) is 6.97. The zero-order chi connectivity index (χ0) is 27.0. The van der Waals surface area contributed by atoms with Crippen molar-refractivity contribution in [3.05, 3.63) is 0 Å². The van der Waals surface area contributed by atoms with Gasteiger partial charge in [0, 0.05) is 77.0 Å². The molecule has 0 radical (unpaired) electrons. The summed E-state index contributed by atoms with van der Waals surface area (Å²) in [4.78, 5) is 0. The Hall–Kier alpha value is 0.548. The molecule has 0 atom stereocenters. The zero-order valence-electron chi connectivity index (χ0n) is 24.6. The van der Waals surface area contributed by atoms with Gasteiger partial charge in [0.25, 0.3) is 0 Å². The third kappa shape index (κ3) is 10.6. The molecule has 0 saturated carbocycles. The number of hydrogen-bond donors (Lipinski definition) is 0. The van der Waals surface area contributed by atoms with Crippen molar-refractivity contribution in [3.8, 4) is 0 Å². The average molecular weight is 585 g/mol. The second kappa shape index (κ2) is 18.0. The first-order valence-electron chi connectivity index (χ1n) is 14.4. The summed E-state index contributed by atoms with van der Waals surface area (Å²) in [5, 5.41) is 0. The molecule has 216 valence electrons. The van der Waals surface area contributed by atoms with Gasteiger partial charge in [0.15, 0.2) is 0 Å². The van der Waals surface area contributed by atoms with Crippen molar-refractivity contribution < 1.29 is 35.4 Å². The predicted molar refractivity (Wildman–Crippen MR) is 154 cm³/mol. The number of ether oxygens (including phenoxy) is 4. The van der Waals surface area contributed by atoms with E-state index in [1.54, 1.807) is 0 Å². The Bertz CT molecular complexity index is 468. The molecule has 0 aliphatic carbocycles. The maximum Gasteiger partial charge on any atom is 0.322 e. The highest BCUT2D eigenvalue weighted by Crippen LogP contribution is 2.42. The van der Waals surface area contributed by atoms with Crippen molar-refractivity contribution in [3.63, 3.8) is 0 Å². The van der Waals surface area contributed by atoms with Crippen LogP contribution < -0.4 is 0 Å².